The Labute approximate surface area is 169 Å². The topological polar surface area (TPSA) is 41.4 Å². The number of fused-ring (bicyclic) bond motifs is 1. The second-order valence-electron chi connectivity index (χ2n) is 7.32. The van der Waals surface area contributed by atoms with Crippen molar-refractivity contribution in [1.82, 2.24) is 14.6 Å². The van der Waals surface area contributed by atoms with E-state index in [1.807, 2.05) is 28.9 Å². The molecule has 0 amide bonds. The predicted molar refractivity (Wildman–Crippen MR) is 112 cm³/mol. The summed E-state index contributed by atoms with van der Waals surface area (Å²) < 4.78 is 1.88. The molecule has 1 aromatic heterocycles. The lowest BCUT2D eigenvalue weighted by Crippen LogP contribution is -2.54. The third kappa shape index (κ3) is 4.18. The molecule has 0 radical (unpaired) electrons. The van der Waals surface area contributed by atoms with E-state index in [1.165, 1.54) is 23.2 Å². The van der Waals surface area contributed by atoms with E-state index in [9.17, 15) is 4.79 Å². The number of nitrogens with zero attached hydrogens (tertiary/aromatic N) is 4. The van der Waals surface area contributed by atoms with Gasteiger partial charge in [0.2, 0.25) is 0 Å². The van der Waals surface area contributed by atoms with Gasteiger partial charge in [-0.3, -0.25) is 0 Å². The maximum absolute atomic E-state index is 12.9. The Balaban J connectivity index is 1.62. The van der Waals surface area contributed by atoms with Crippen LogP contribution in [0.15, 0.2) is 34.1 Å². The van der Waals surface area contributed by atoms with Crippen molar-refractivity contribution >= 4 is 23.4 Å². The fraction of sp³-hybridized carbons (Fsp3) is 0.500. The Morgan fingerprint density at radius 2 is 1.78 bits per heavy atom. The van der Waals surface area contributed by atoms with E-state index < -0.39 is 0 Å². The van der Waals surface area contributed by atoms with Gasteiger partial charge < -0.3 is 9.91 Å². The summed E-state index contributed by atoms with van der Waals surface area (Å²) in [4.78, 5) is 19.7. The summed E-state index contributed by atoms with van der Waals surface area (Å²) >= 11 is 7.64. The number of aromatic nitrogens is 2. The van der Waals surface area contributed by atoms with Crippen LogP contribution in [0.4, 0.5) is 0 Å². The summed E-state index contributed by atoms with van der Waals surface area (Å²) in [5, 5.41) is 3.84. The number of hydrogen-bond acceptors (Lipinski definition) is 5. The van der Waals surface area contributed by atoms with Gasteiger partial charge in [-0.25, -0.2) is 9.47 Å². The van der Waals surface area contributed by atoms with Gasteiger partial charge in [0.1, 0.15) is 5.03 Å². The number of benzene rings is 1. The second-order valence-corrected chi connectivity index (χ2v) is 8.72. The summed E-state index contributed by atoms with van der Waals surface area (Å²) in [5.74, 6) is 0.800. The smallest absolute Gasteiger partial charge is 0.306 e. The van der Waals surface area contributed by atoms with E-state index in [1.54, 1.807) is 11.8 Å². The van der Waals surface area contributed by atoms with E-state index in [4.69, 9.17) is 11.6 Å². The highest BCUT2D eigenvalue weighted by atomic mass is 35.5. The van der Waals surface area contributed by atoms with E-state index in [-0.39, 0.29) is 5.69 Å². The molecule has 2 heterocycles. The Kier molecular flexibility index (Phi) is 5.76. The zero-order chi connectivity index (χ0) is 18.8. The molecule has 1 aliphatic carbocycles. The minimum absolute atomic E-state index is 0.126. The van der Waals surface area contributed by atoms with Crippen LogP contribution < -0.4 is 10.7 Å². The lowest BCUT2D eigenvalue weighted by atomic mass is 9.97. The van der Waals surface area contributed by atoms with Gasteiger partial charge in [-0.2, -0.15) is 4.98 Å². The monoisotopic (exact) mass is 404 g/mol. The first kappa shape index (κ1) is 18.8. The molecule has 144 valence electrons. The summed E-state index contributed by atoms with van der Waals surface area (Å²) in [6.07, 6.45) is 4.29. The van der Waals surface area contributed by atoms with Crippen LogP contribution in [0.1, 0.15) is 29.7 Å². The quantitative estimate of drug-likeness (QED) is 0.579. The van der Waals surface area contributed by atoms with Crippen LogP contribution in [0.25, 0.3) is 0 Å². The highest BCUT2D eigenvalue weighted by molar-refractivity contribution is 7.98. The molecular formula is C20H25ClN4OS. The summed E-state index contributed by atoms with van der Waals surface area (Å²) in [7, 11) is 2.13. The zero-order valence-electron chi connectivity index (χ0n) is 15.7. The summed E-state index contributed by atoms with van der Waals surface area (Å²) in [5.41, 5.74) is 3.53. The first-order chi connectivity index (χ1) is 13.1. The van der Waals surface area contributed by atoms with Crippen LogP contribution in [0.5, 0.6) is 0 Å². The molecule has 0 bridgehead atoms. The molecule has 27 heavy (non-hydrogen) atoms. The minimum Gasteiger partial charge on any atom is -0.306 e. The van der Waals surface area contributed by atoms with Crippen LogP contribution >= 0.6 is 23.4 Å². The van der Waals surface area contributed by atoms with E-state index in [0.717, 1.165) is 61.2 Å². The van der Waals surface area contributed by atoms with Gasteiger partial charge >= 0.3 is 5.69 Å². The van der Waals surface area contributed by atoms with Crippen molar-refractivity contribution in [2.75, 3.05) is 38.2 Å². The maximum atomic E-state index is 12.9. The average molecular weight is 405 g/mol. The number of rotatable bonds is 4. The summed E-state index contributed by atoms with van der Waals surface area (Å²) in [6.45, 7) is 3.71. The number of thioether (sulfide) groups is 1. The molecule has 1 aliphatic heterocycles. The highest BCUT2D eigenvalue weighted by Crippen LogP contribution is 2.30. The molecule has 0 unspecified atom stereocenters. The first-order valence-corrected chi connectivity index (χ1v) is 10.9. The largest absolute Gasteiger partial charge is 0.367 e. The lowest BCUT2D eigenvalue weighted by molar-refractivity contribution is 0.281. The van der Waals surface area contributed by atoms with Crippen LogP contribution in [-0.4, -0.2) is 47.8 Å². The van der Waals surface area contributed by atoms with Crippen molar-refractivity contribution in [3.63, 3.8) is 0 Å². The molecule has 2 aromatic rings. The van der Waals surface area contributed by atoms with Gasteiger partial charge in [0, 0.05) is 42.5 Å². The van der Waals surface area contributed by atoms with Crippen LogP contribution in [-0.2, 0) is 18.6 Å². The number of piperazine rings is 1. The molecule has 0 saturated carbocycles. The van der Waals surface area contributed by atoms with Crippen molar-refractivity contribution < 1.29 is 0 Å². The molecule has 1 fully saturated rings. The van der Waals surface area contributed by atoms with Gasteiger partial charge in [-0.1, -0.05) is 23.7 Å². The average Bonchev–Trinajstić information content (AvgIpc) is 2.68. The van der Waals surface area contributed by atoms with Gasteiger partial charge in [0.15, 0.2) is 0 Å². The van der Waals surface area contributed by atoms with Crippen LogP contribution in [0, 0.1) is 0 Å². The Morgan fingerprint density at radius 1 is 1.07 bits per heavy atom. The lowest BCUT2D eigenvalue weighted by Gasteiger charge is -2.37. The van der Waals surface area contributed by atoms with Gasteiger partial charge in [0.05, 0.1) is 5.69 Å². The molecular weight excluding hydrogens is 380 g/mol. The first-order valence-electron chi connectivity index (χ1n) is 9.57. The Hall–Kier alpha value is -1.50. The van der Waals surface area contributed by atoms with E-state index >= 15 is 0 Å². The SMILES string of the molecule is CN1CCN(n2c3c(c(SCc4ccc(Cl)cc4)nc2=O)CCCC3)CC1. The third-order valence-corrected chi connectivity index (χ3v) is 6.72. The normalized spacial score (nSPS) is 17.8. The number of halogens is 1. The number of likely N-dealkylation sites (N-methyl/N-ethyl adjacent to an activating group) is 1. The molecule has 7 heteroatoms. The fourth-order valence-electron chi connectivity index (χ4n) is 3.81. The molecule has 0 atom stereocenters. The molecule has 2 aliphatic rings. The van der Waals surface area contributed by atoms with Crippen molar-refractivity contribution in [3.8, 4) is 0 Å². The van der Waals surface area contributed by atoms with Crippen LogP contribution in [0.2, 0.25) is 5.02 Å². The van der Waals surface area contributed by atoms with E-state index in [0.29, 0.717) is 0 Å². The fourth-order valence-corrected chi connectivity index (χ4v) is 4.97. The van der Waals surface area contributed by atoms with Crippen molar-refractivity contribution in [2.45, 2.75) is 36.5 Å². The molecule has 0 spiro atoms. The summed E-state index contributed by atoms with van der Waals surface area (Å²) in [6, 6.07) is 7.89. The van der Waals surface area contributed by atoms with Crippen molar-refractivity contribution in [2.24, 2.45) is 0 Å². The molecule has 1 saturated heterocycles. The van der Waals surface area contributed by atoms with E-state index in [2.05, 4.69) is 21.9 Å². The Bertz CT molecular complexity index is 860. The number of hydrogen-bond donors (Lipinski definition) is 0. The van der Waals surface area contributed by atoms with Gasteiger partial charge in [0.25, 0.3) is 0 Å². The van der Waals surface area contributed by atoms with Crippen molar-refractivity contribution in [3.05, 3.63) is 56.6 Å². The Morgan fingerprint density at radius 3 is 2.52 bits per heavy atom. The molecule has 0 N–H and O–H groups in total. The van der Waals surface area contributed by atoms with Crippen LogP contribution in [0.3, 0.4) is 0 Å². The maximum Gasteiger partial charge on any atom is 0.367 e. The highest BCUT2D eigenvalue weighted by Gasteiger charge is 2.25. The van der Waals surface area contributed by atoms with Crippen molar-refractivity contribution in [1.29, 1.82) is 0 Å². The molecule has 4 rings (SSSR count). The van der Waals surface area contributed by atoms with Gasteiger partial charge in [-0.05, 0) is 50.4 Å². The third-order valence-electron chi connectivity index (χ3n) is 5.38. The zero-order valence-corrected chi connectivity index (χ0v) is 17.2. The predicted octanol–water partition coefficient (Wildman–Crippen LogP) is 2.95. The molecule has 5 nitrogen and oxygen atoms in total. The standard InChI is InChI=1S/C20H25ClN4OS/c1-23-10-12-24(13-11-23)25-18-5-3-2-4-17(18)19(22-20(25)26)27-14-15-6-8-16(21)9-7-15/h6-9H,2-5,10-14H2,1H3. The minimum atomic E-state index is -0.126. The second kappa shape index (κ2) is 8.25. The molecule has 1 aromatic carbocycles. The van der Waals surface area contributed by atoms with Gasteiger partial charge in [-0.15, -0.1) is 11.8 Å².